The average molecular weight is 404 g/mol. The molecule has 1 fully saturated rings. The van der Waals surface area contributed by atoms with Crippen molar-refractivity contribution in [2.24, 2.45) is 0 Å². The summed E-state index contributed by atoms with van der Waals surface area (Å²) in [5, 5.41) is 0. The Morgan fingerprint density at radius 2 is 1.34 bits per heavy atom. The number of ether oxygens (including phenoxy) is 1. The highest BCUT2D eigenvalue weighted by molar-refractivity contribution is 7.80. The smallest absolute Gasteiger partial charge is 0.139 e. The molecule has 29 heavy (non-hydrogen) atoms. The van der Waals surface area contributed by atoms with Crippen LogP contribution in [0.5, 0.6) is 5.75 Å². The third kappa shape index (κ3) is 4.34. The molecule has 3 aromatic carbocycles. The molecule has 1 N–H and O–H groups in total. The van der Waals surface area contributed by atoms with Crippen molar-refractivity contribution in [3.05, 3.63) is 102 Å². The summed E-state index contributed by atoms with van der Waals surface area (Å²) in [7, 11) is 1.70. The minimum Gasteiger partial charge on any atom is -0.496 e. The van der Waals surface area contributed by atoms with Crippen LogP contribution >= 0.6 is 12.2 Å². The normalized spacial score (nSPS) is 14.8. The van der Waals surface area contributed by atoms with Crippen molar-refractivity contribution in [1.29, 1.82) is 0 Å². The molecule has 148 valence electrons. The van der Waals surface area contributed by atoms with E-state index in [-0.39, 0.29) is 0 Å². The molecule has 0 unspecified atom stereocenters. The van der Waals surface area contributed by atoms with Crippen LogP contribution in [0, 0.1) is 0 Å². The Labute approximate surface area is 178 Å². The van der Waals surface area contributed by atoms with Crippen molar-refractivity contribution in [3.63, 3.8) is 0 Å². The summed E-state index contributed by atoms with van der Waals surface area (Å²) in [6, 6.07) is 30.1. The van der Waals surface area contributed by atoms with Crippen LogP contribution in [0.4, 0.5) is 0 Å². The molecule has 4 heteroatoms. The number of piperazine rings is 1. The fourth-order valence-corrected chi connectivity index (χ4v) is 4.58. The van der Waals surface area contributed by atoms with Crippen molar-refractivity contribution in [3.8, 4) is 5.75 Å². The highest BCUT2D eigenvalue weighted by Gasteiger charge is 2.31. The van der Waals surface area contributed by atoms with E-state index in [1.165, 1.54) is 11.1 Å². The van der Waals surface area contributed by atoms with Crippen molar-refractivity contribution in [1.82, 2.24) is 4.90 Å². The predicted octanol–water partition coefficient (Wildman–Crippen LogP) is 3.36. The van der Waals surface area contributed by atoms with Gasteiger partial charge in [-0.15, -0.1) is 0 Å². The van der Waals surface area contributed by atoms with Crippen LogP contribution < -0.4 is 9.64 Å². The Hall–Kier alpha value is -2.69. The van der Waals surface area contributed by atoms with Gasteiger partial charge in [-0.1, -0.05) is 85.0 Å². The van der Waals surface area contributed by atoms with E-state index >= 15 is 0 Å². The van der Waals surface area contributed by atoms with Gasteiger partial charge in [0.2, 0.25) is 0 Å². The summed E-state index contributed by atoms with van der Waals surface area (Å²) in [6.07, 6.45) is 0. The predicted molar refractivity (Wildman–Crippen MR) is 122 cm³/mol. The number of thiocarbonyl (C=S) groups is 1. The number of benzene rings is 3. The molecule has 0 bridgehead atoms. The molecule has 0 radical (unpaired) electrons. The van der Waals surface area contributed by atoms with Gasteiger partial charge in [0.1, 0.15) is 16.8 Å². The zero-order valence-electron chi connectivity index (χ0n) is 16.8. The molecule has 0 atom stereocenters. The van der Waals surface area contributed by atoms with Crippen LogP contribution in [-0.2, 0) is 0 Å². The van der Waals surface area contributed by atoms with Gasteiger partial charge in [-0.05, 0) is 12.1 Å². The SMILES string of the molecule is COc1ccccc1C(=S)N1CC[NH+](C(c2ccccc2)c2ccccc2)CC1. The van der Waals surface area contributed by atoms with Gasteiger partial charge in [0, 0.05) is 11.1 Å². The molecule has 0 aromatic heterocycles. The molecule has 0 amide bonds. The largest absolute Gasteiger partial charge is 0.496 e. The lowest BCUT2D eigenvalue weighted by atomic mass is 9.96. The lowest BCUT2D eigenvalue weighted by Gasteiger charge is -2.38. The minimum absolute atomic E-state index is 0.347. The number of rotatable bonds is 5. The summed E-state index contributed by atoms with van der Waals surface area (Å²) in [5.74, 6) is 0.846. The molecule has 0 aliphatic carbocycles. The lowest BCUT2D eigenvalue weighted by molar-refractivity contribution is -0.929. The molecule has 1 saturated heterocycles. The molecule has 1 aliphatic rings. The first-order valence-electron chi connectivity index (χ1n) is 10.1. The monoisotopic (exact) mass is 403 g/mol. The third-order valence-corrected chi connectivity index (χ3v) is 6.18. The van der Waals surface area contributed by atoms with Crippen molar-refractivity contribution >= 4 is 17.2 Å². The number of hydrogen-bond acceptors (Lipinski definition) is 2. The molecule has 0 saturated carbocycles. The lowest BCUT2D eigenvalue weighted by Crippen LogP contribution is -3.15. The number of nitrogens with zero attached hydrogens (tertiary/aromatic N) is 1. The molecule has 4 rings (SSSR count). The molecule has 3 nitrogen and oxygen atoms in total. The van der Waals surface area contributed by atoms with Crippen LogP contribution in [0.15, 0.2) is 84.9 Å². The molecular formula is C25H27N2OS+. The Kier molecular flexibility index (Phi) is 6.23. The van der Waals surface area contributed by atoms with Crippen LogP contribution in [0.1, 0.15) is 22.7 Å². The van der Waals surface area contributed by atoms with Gasteiger partial charge in [0.05, 0.1) is 38.9 Å². The van der Waals surface area contributed by atoms with E-state index in [1.54, 1.807) is 12.0 Å². The van der Waals surface area contributed by atoms with E-state index in [4.69, 9.17) is 17.0 Å². The van der Waals surface area contributed by atoms with Crippen LogP contribution in [-0.4, -0.2) is 43.2 Å². The van der Waals surface area contributed by atoms with Gasteiger partial charge in [0.15, 0.2) is 0 Å². The summed E-state index contributed by atoms with van der Waals surface area (Å²) in [4.78, 5) is 4.79. The Balaban J connectivity index is 1.52. The Morgan fingerprint density at radius 3 is 1.90 bits per heavy atom. The molecule has 3 aromatic rings. The van der Waals surface area contributed by atoms with E-state index < -0.39 is 0 Å². The van der Waals surface area contributed by atoms with E-state index in [0.717, 1.165) is 42.5 Å². The Bertz CT molecular complexity index is 898. The van der Waals surface area contributed by atoms with Gasteiger partial charge in [-0.25, -0.2) is 0 Å². The number of para-hydroxylation sites is 1. The third-order valence-electron chi connectivity index (χ3n) is 5.70. The summed E-state index contributed by atoms with van der Waals surface area (Å²) in [5.41, 5.74) is 3.75. The van der Waals surface area contributed by atoms with Gasteiger partial charge in [-0.3, -0.25) is 0 Å². The molecular weight excluding hydrogens is 376 g/mol. The molecule has 1 aliphatic heterocycles. The first-order valence-corrected chi connectivity index (χ1v) is 10.6. The maximum atomic E-state index is 5.82. The topological polar surface area (TPSA) is 16.9 Å². The fraction of sp³-hybridized carbons (Fsp3) is 0.240. The summed E-state index contributed by atoms with van der Waals surface area (Å²) >= 11 is 5.82. The average Bonchev–Trinajstić information content (AvgIpc) is 2.81. The quantitative estimate of drug-likeness (QED) is 0.659. The van der Waals surface area contributed by atoms with Crippen molar-refractivity contribution in [2.75, 3.05) is 33.3 Å². The minimum atomic E-state index is 0.347. The van der Waals surface area contributed by atoms with E-state index in [9.17, 15) is 0 Å². The van der Waals surface area contributed by atoms with Gasteiger partial charge >= 0.3 is 0 Å². The molecule has 1 heterocycles. The zero-order chi connectivity index (χ0) is 20.1. The second kappa shape index (κ2) is 9.21. The van der Waals surface area contributed by atoms with Crippen LogP contribution in [0.3, 0.4) is 0 Å². The van der Waals surface area contributed by atoms with Crippen LogP contribution in [0.2, 0.25) is 0 Å². The highest BCUT2D eigenvalue weighted by atomic mass is 32.1. The van der Waals surface area contributed by atoms with Crippen LogP contribution in [0.25, 0.3) is 0 Å². The fourth-order valence-electron chi connectivity index (χ4n) is 4.23. The van der Waals surface area contributed by atoms with Crippen molar-refractivity contribution < 1.29 is 9.64 Å². The van der Waals surface area contributed by atoms with Gasteiger partial charge < -0.3 is 14.5 Å². The number of nitrogens with one attached hydrogen (secondary N) is 1. The van der Waals surface area contributed by atoms with E-state index in [0.29, 0.717) is 6.04 Å². The summed E-state index contributed by atoms with van der Waals surface area (Å²) in [6.45, 7) is 3.98. The first-order chi connectivity index (χ1) is 14.3. The second-order valence-electron chi connectivity index (χ2n) is 7.41. The second-order valence-corrected chi connectivity index (χ2v) is 7.79. The maximum absolute atomic E-state index is 5.82. The maximum Gasteiger partial charge on any atom is 0.139 e. The van der Waals surface area contributed by atoms with Crippen molar-refractivity contribution in [2.45, 2.75) is 6.04 Å². The first kappa shape index (κ1) is 19.6. The molecule has 0 spiro atoms. The number of quaternary nitrogens is 1. The van der Waals surface area contributed by atoms with Gasteiger partial charge in [-0.2, -0.15) is 0 Å². The van der Waals surface area contributed by atoms with E-state index in [2.05, 4.69) is 71.6 Å². The highest BCUT2D eigenvalue weighted by Crippen LogP contribution is 2.22. The number of hydrogen-bond donors (Lipinski definition) is 1. The number of methoxy groups -OCH3 is 1. The Morgan fingerprint density at radius 1 is 0.828 bits per heavy atom. The standard InChI is InChI=1S/C25H26N2OS/c1-28-23-15-9-8-14-22(23)25(29)27-18-16-26(17-19-27)24(20-10-4-2-5-11-20)21-12-6-3-7-13-21/h2-15,24H,16-19H2,1H3/p+1. The zero-order valence-corrected chi connectivity index (χ0v) is 17.6. The summed E-state index contributed by atoms with van der Waals surface area (Å²) < 4.78 is 5.51. The van der Waals surface area contributed by atoms with Gasteiger partial charge in [0.25, 0.3) is 0 Å². The van der Waals surface area contributed by atoms with E-state index in [1.807, 2.05) is 18.2 Å².